The van der Waals surface area contributed by atoms with Gasteiger partial charge >= 0.3 is 0 Å². The van der Waals surface area contributed by atoms with Gasteiger partial charge in [0.2, 0.25) is 0 Å². The van der Waals surface area contributed by atoms with Crippen molar-refractivity contribution in [2.45, 2.75) is 39.5 Å². The highest BCUT2D eigenvalue weighted by Crippen LogP contribution is 2.29. The third kappa shape index (κ3) is 2.25. The Morgan fingerprint density at radius 3 is 2.29 bits per heavy atom. The summed E-state index contributed by atoms with van der Waals surface area (Å²) in [6.07, 6.45) is 0. The fourth-order valence-corrected chi connectivity index (χ4v) is 1.19. The molecule has 0 N–H and O–H groups in total. The number of nitrogens with zero attached hydrogens (tertiary/aromatic N) is 2. The highest BCUT2D eigenvalue weighted by atomic mass is 19.3. The van der Waals surface area contributed by atoms with Crippen LogP contribution in [-0.2, 0) is 5.92 Å². The first-order chi connectivity index (χ1) is 6.32. The van der Waals surface area contributed by atoms with Gasteiger partial charge in [-0.15, -0.1) is 0 Å². The predicted octanol–water partition coefficient (Wildman–Crippen LogP) is 3.02. The van der Waals surface area contributed by atoms with Crippen LogP contribution in [0.3, 0.4) is 0 Å². The molecular weight excluding hydrogens is 186 g/mol. The molecule has 0 fully saturated rings. The van der Waals surface area contributed by atoms with E-state index < -0.39 is 5.92 Å². The molecule has 1 aromatic heterocycles. The zero-order chi connectivity index (χ0) is 10.9. The second-order valence-corrected chi connectivity index (χ2v) is 3.81. The SMILES string of the molecule is Cc1nnc(C(C)C)cc1C(C)(F)F. The van der Waals surface area contributed by atoms with Crippen molar-refractivity contribution in [1.29, 1.82) is 0 Å². The van der Waals surface area contributed by atoms with Gasteiger partial charge in [-0.3, -0.25) is 0 Å². The molecule has 0 aliphatic rings. The number of rotatable bonds is 2. The van der Waals surface area contributed by atoms with Gasteiger partial charge in [-0.25, -0.2) is 8.78 Å². The number of halogens is 2. The minimum absolute atomic E-state index is 0.0313. The van der Waals surface area contributed by atoms with Gasteiger partial charge in [0.25, 0.3) is 5.92 Å². The zero-order valence-corrected chi connectivity index (χ0v) is 8.81. The Bertz CT molecular complexity index is 329. The molecular formula is C10H14F2N2. The van der Waals surface area contributed by atoms with Gasteiger partial charge < -0.3 is 0 Å². The molecule has 0 saturated carbocycles. The lowest BCUT2D eigenvalue weighted by atomic mass is 10.0. The molecule has 0 unspecified atom stereocenters. The maximum atomic E-state index is 13.1. The van der Waals surface area contributed by atoms with Gasteiger partial charge in [-0.2, -0.15) is 10.2 Å². The first-order valence-corrected chi connectivity index (χ1v) is 4.55. The summed E-state index contributed by atoms with van der Waals surface area (Å²) < 4.78 is 26.2. The van der Waals surface area contributed by atoms with Gasteiger partial charge in [0.05, 0.1) is 11.4 Å². The van der Waals surface area contributed by atoms with Crippen molar-refractivity contribution in [1.82, 2.24) is 10.2 Å². The fraction of sp³-hybridized carbons (Fsp3) is 0.600. The summed E-state index contributed by atoms with van der Waals surface area (Å²) in [6.45, 7) is 6.22. The molecule has 0 aromatic carbocycles. The molecule has 14 heavy (non-hydrogen) atoms. The van der Waals surface area contributed by atoms with Gasteiger partial charge in [0.1, 0.15) is 0 Å². The molecule has 1 rings (SSSR count). The fourth-order valence-electron chi connectivity index (χ4n) is 1.19. The first kappa shape index (κ1) is 11.0. The summed E-state index contributed by atoms with van der Waals surface area (Å²) in [5.74, 6) is -2.73. The lowest BCUT2D eigenvalue weighted by molar-refractivity contribution is 0.0161. The van der Waals surface area contributed by atoms with Crippen molar-refractivity contribution >= 4 is 0 Å². The third-order valence-electron chi connectivity index (χ3n) is 2.06. The molecule has 0 amide bonds. The average Bonchev–Trinajstić information content (AvgIpc) is 2.02. The van der Waals surface area contributed by atoms with Crippen LogP contribution < -0.4 is 0 Å². The normalized spacial score (nSPS) is 12.2. The second kappa shape index (κ2) is 3.59. The summed E-state index contributed by atoms with van der Waals surface area (Å²) in [7, 11) is 0. The van der Waals surface area contributed by atoms with Crippen LogP contribution in [0.4, 0.5) is 8.78 Å². The molecule has 0 bridgehead atoms. The zero-order valence-electron chi connectivity index (χ0n) is 8.81. The van der Waals surface area contributed by atoms with Crippen molar-refractivity contribution in [2.24, 2.45) is 0 Å². The maximum Gasteiger partial charge on any atom is 0.272 e. The maximum absolute atomic E-state index is 13.1. The van der Waals surface area contributed by atoms with Crippen LogP contribution in [0.15, 0.2) is 6.07 Å². The van der Waals surface area contributed by atoms with Crippen LogP contribution in [0.25, 0.3) is 0 Å². The van der Waals surface area contributed by atoms with Crippen molar-refractivity contribution in [3.63, 3.8) is 0 Å². The van der Waals surface area contributed by atoms with E-state index >= 15 is 0 Å². The molecule has 0 spiro atoms. The van der Waals surface area contributed by atoms with Crippen LogP contribution in [0.2, 0.25) is 0 Å². The van der Waals surface area contributed by atoms with Gasteiger partial charge in [-0.1, -0.05) is 13.8 Å². The second-order valence-electron chi connectivity index (χ2n) is 3.81. The third-order valence-corrected chi connectivity index (χ3v) is 2.06. The van der Waals surface area contributed by atoms with E-state index in [1.165, 1.54) is 6.07 Å². The number of alkyl halides is 2. The minimum Gasteiger partial charge on any atom is -0.202 e. The van der Waals surface area contributed by atoms with E-state index in [0.717, 1.165) is 6.92 Å². The van der Waals surface area contributed by atoms with Crippen LogP contribution >= 0.6 is 0 Å². The molecule has 2 nitrogen and oxygen atoms in total. The number of hydrogen-bond donors (Lipinski definition) is 0. The minimum atomic E-state index is -2.84. The van der Waals surface area contributed by atoms with E-state index in [0.29, 0.717) is 11.4 Å². The summed E-state index contributed by atoms with van der Waals surface area (Å²) in [4.78, 5) is 0. The molecule has 0 radical (unpaired) electrons. The van der Waals surface area contributed by atoms with Gasteiger partial charge in [0.15, 0.2) is 0 Å². The van der Waals surface area contributed by atoms with Crippen molar-refractivity contribution in [3.8, 4) is 0 Å². The van der Waals surface area contributed by atoms with Crippen molar-refractivity contribution in [3.05, 3.63) is 23.0 Å². The van der Waals surface area contributed by atoms with E-state index in [2.05, 4.69) is 10.2 Å². The summed E-state index contributed by atoms with van der Waals surface area (Å²) in [5, 5.41) is 7.61. The Morgan fingerprint density at radius 1 is 1.29 bits per heavy atom. The molecule has 4 heteroatoms. The monoisotopic (exact) mass is 200 g/mol. The van der Waals surface area contributed by atoms with E-state index in [1.54, 1.807) is 6.92 Å². The Hall–Kier alpha value is -1.06. The Kier molecular flexibility index (Phi) is 2.83. The smallest absolute Gasteiger partial charge is 0.202 e. The number of aryl methyl sites for hydroxylation is 1. The van der Waals surface area contributed by atoms with Gasteiger partial charge in [-0.05, 0) is 18.9 Å². The van der Waals surface area contributed by atoms with Crippen LogP contribution in [0.5, 0.6) is 0 Å². The van der Waals surface area contributed by atoms with Crippen LogP contribution in [0.1, 0.15) is 43.6 Å². The standard InChI is InChI=1S/C10H14F2N2/c1-6(2)9-5-8(10(4,11)12)7(3)13-14-9/h5-6H,1-4H3. The first-order valence-electron chi connectivity index (χ1n) is 4.55. The number of hydrogen-bond acceptors (Lipinski definition) is 2. The van der Waals surface area contributed by atoms with Crippen molar-refractivity contribution < 1.29 is 8.78 Å². The Labute approximate surface area is 82.4 Å². The lowest BCUT2D eigenvalue weighted by Gasteiger charge is -2.14. The largest absolute Gasteiger partial charge is 0.272 e. The molecule has 0 aliphatic carbocycles. The quantitative estimate of drug-likeness (QED) is 0.733. The van der Waals surface area contributed by atoms with Crippen LogP contribution in [0, 0.1) is 6.92 Å². The summed E-state index contributed by atoms with van der Waals surface area (Å²) in [6, 6.07) is 1.44. The van der Waals surface area contributed by atoms with Crippen LogP contribution in [-0.4, -0.2) is 10.2 Å². The Balaban J connectivity index is 3.22. The number of aromatic nitrogens is 2. The average molecular weight is 200 g/mol. The molecule has 0 atom stereocenters. The van der Waals surface area contributed by atoms with E-state index in [4.69, 9.17) is 0 Å². The summed E-state index contributed by atoms with van der Waals surface area (Å²) in [5.41, 5.74) is 0.866. The highest BCUT2D eigenvalue weighted by Gasteiger charge is 2.28. The molecule has 0 saturated heterocycles. The molecule has 78 valence electrons. The summed E-state index contributed by atoms with van der Waals surface area (Å²) >= 11 is 0. The topological polar surface area (TPSA) is 25.8 Å². The van der Waals surface area contributed by atoms with E-state index in [1.807, 2.05) is 13.8 Å². The molecule has 1 heterocycles. The molecule has 0 aliphatic heterocycles. The van der Waals surface area contributed by atoms with E-state index in [9.17, 15) is 8.78 Å². The van der Waals surface area contributed by atoms with Gasteiger partial charge in [0, 0.05) is 12.5 Å². The molecule has 1 aromatic rings. The lowest BCUT2D eigenvalue weighted by Crippen LogP contribution is -2.13. The highest BCUT2D eigenvalue weighted by molar-refractivity contribution is 5.25. The Morgan fingerprint density at radius 2 is 1.86 bits per heavy atom. The predicted molar refractivity (Wildman–Crippen MR) is 50.4 cm³/mol. The van der Waals surface area contributed by atoms with E-state index in [-0.39, 0.29) is 11.5 Å². The van der Waals surface area contributed by atoms with Crippen molar-refractivity contribution in [2.75, 3.05) is 0 Å².